The summed E-state index contributed by atoms with van der Waals surface area (Å²) in [7, 11) is 1.94. The molecule has 1 aliphatic rings. The third kappa shape index (κ3) is 3.13. The van der Waals surface area contributed by atoms with Gasteiger partial charge in [0.15, 0.2) is 0 Å². The molecular weight excluding hydrogens is 340 g/mol. The fourth-order valence-electron chi connectivity index (χ4n) is 3.94. The van der Waals surface area contributed by atoms with Crippen molar-refractivity contribution in [3.63, 3.8) is 0 Å². The maximum absolute atomic E-state index is 13.1. The van der Waals surface area contributed by atoms with Gasteiger partial charge in [-0.15, -0.1) is 0 Å². The summed E-state index contributed by atoms with van der Waals surface area (Å²) in [6.45, 7) is 4.72. The van der Waals surface area contributed by atoms with E-state index in [0.717, 1.165) is 40.5 Å². The van der Waals surface area contributed by atoms with Crippen molar-refractivity contribution < 1.29 is 4.79 Å². The minimum atomic E-state index is -0.232. The molecule has 140 valence electrons. The summed E-state index contributed by atoms with van der Waals surface area (Å²) < 4.78 is 1.88. The third-order valence-electron chi connectivity index (χ3n) is 5.46. The standard InChI is InChI=1S/C20H24N6O/c1-13-15(14(2)25(3)24-13)7-8-18(27)26-11-9-16-19(23-12-22-16)20(26)17-6-4-5-10-21-17/h4-6,10,12,20H,7-9,11H2,1-3H3,(H,22,23)/t20-/m1/s1. The van der Waals surface area contributed by atoms with Crippen molar-refractivity contribution in [3.05, 3.63) is 64.8 Å². The van der Waals surface area contributed by atoms with Crippen LogP contribution in [0.2, 0.25) is 0 Å². The fourth-order valence-corrected chi connectivity index (χ4v) is 3.94. The normalized spacial score (nSPS) is 16.4. The van der Waals surface area contributed by atoms with Gasteiger partial charge >= 0.3 is 0 Å². The smallest absolute Gasteiger partial charge is 0.223 e. The minimum absolute atomic E-state index is 0.127. The monoisotopic (exact) mass is 364 g/mol. The lowest BCUT2D eigenvalue weighted by atomic mass is 9.98. The summed E-state index contributed by atoms with van der Waals surface area (Å²) in [5.74, 6) is 0.127. The Morgan fingerprint density at radius 3 is 2.85 bits per heavy atom. The van der Waals surface area contributed by atoms with E-state index in [1.54, 1.807) is 12.5 Å². The SMILES string of the molecule is Cc1nn(C)c(C)c1CCC(=O)N1CCc2[nH]cnc2[C@H]1c1ccccn1. The van der Waals surface area contributed by atoms with E-state index in [1.165, 1.54) is 0 Å². The van der Waals surface area contributed by atoms with Crippen LogP contribution in [0.3, 0.4) is 0 Å². The molecule has 0 spiro atoms. The Labute approximate surface area is 158 Å². The number of rotatable bonds is 4. The van der Waals surface area contributed by atoms with Crippen molar-refractivity contribution >= 4 is 5.91 Å². The van der Waals surface area contributed by atoms with Crippen LogP contribution in [0.15, 0.2) is 30.7 Å². The largest absolute Gasteiger partial charge is 0.348 e. The fraction of sp³-hybridized carbons (Fsp3) is 0.400. The number of amides is 1. The Morgan fingerprint density at radius 1 is 1.30 bits per heavy atom. The zero-order valence-corrected chi connectivity index (χ0v) is 15.9. The first kappa shape index (κ1) is 17.5. The van der Waals surface area contributed by atoms with Crippen molar-refractivity contribution in [3.8, 4) is 0 Å². The van der Waals surface area contributed by atoms with Crippen LogP contribution in [0.25, 0.3) is 0 Å². The highest BCUT2D eigenvalue weighted by atomic mass is 16.2. The van der Waals surface area contributed by atoms with Gasteiger partial charge in [0.2, 0.25) is 5.91 Å². The van der Waals surface area contributed by atoms with E-state index in [4.69, 9.17) is 0 Å². The van der Waals surface area contributed by atoms with E-state index in [-0.39, 0.29) is 11.9 Å². The van der Waals surface area contributed by atoms with Gasteiger partial charge in [-0.3, -0.25) is 14.5 Å². The van der Waals surface area contributed by atoms with E-state index in [1.807, 2.05) is 48.7 Å². The second-order valence-electron chi connectivity index (χ2n) is 7.03. The number of H-pyrrole nitrogens is 1. The number of carbonyl (C=O) groups is 1. The molecule has 3 aromatic heterocycles. The van der Waals surface area contributed by atoms with Gasteiger partial charge in [-0.05, 0) is 38.0 Å². The van der Waals surface area contributed by atoms with Crippen molar-refractivity contribution in [2.75, 3.05) is 6.54 Å². The van der Waals surface area contributed by atoms with Gasteiger partial charge in [0.05, 0.1) is 23.4 Å². The van der Waals surface area contributed by atoms with Crippen LogP contribution < -0.4 is 0 Å². The summed E-state index contributed by atoms with van der Waals surface area (Å²) in [4.78, 5) is 27.3. The van der Waals surface area contributed by atoms with Crippen LogP contribution in [0.1, 0.15) is 46.5 Å². The average molecular weight is 364 g/mol. The number of aryl methyl sites for hydroxylation is 2. The molecule has 0 fully saturated rings. The van der Waals surface area contributed by atoms with Crippen molar-refractivity contribution in [1.29, 1.82) is 0 Å². The van der Waals surface area contributed by atoms with Crippen LogP contribution in [0.5, 0.6) is 0 Å². The molecule has 27 heavy (non-hydrogen) atoms. The molecule has 4 rings (SSSR count). The maximum atomic E-state index is 13.1. The van der Waals surface area contributed by atoms with E-state index in [0.29, 0.717) is 19.4 Å². The first-order valence-electron chi connectivity index (χ1n) is 9.28. The van der Waals surface area contributed by atoms with Crippen molar-refractivity contribution in [1.82, 2.24) is 29.6 Å². The number of hydrogen-bond acceptors (Lipinski definition) is 4. The predicted molar refractivity (Wildman–Crippen MR) is 101 cm³/mol. The molecule has 0 unspecified atom stereocenters. The molecule has 0 saturated heterocycles. The van der Waals surface area contributed by atoms with Gasteiger partial charge in [-0.1, -0.05) is 6.07 Å². The molecule has 0 bridgehead atoms. The highest BCUT2D eigenvalue weighted by Gasteiger charge is 2.34. The highest BCUT2D eigenvalue weighted by Crippen LogP contribution is 2.32. The first-order valence-corrected chi connectivity index (χ1v) is 9.28. The predicted octanol–water partition coefficient (Wildman–Crippen LogP) is 2.26. The number of nitrogens with zero attached hydrogens (tertiary/aromatic N) is 5. The van der Waals surface area contributed by atoms with Gasteiger partial charge in [-0.2, -0.15) is 5.10 Å². The number of fused-ring (bicyclic) bond motifs is 1. The van der Waals surface area contributed by atoms with E-state index < -0.39 is 0 Å². The van der Waals surface area contributed by atoms with Crippen LogP contribution in [-0.4, -0.2) is 42.1 Å². The maximum Gasteiger partial charge on any atom is 0.223 e. The second-order valence-corrected chi connectivity index (χ2v) is 7.03. The van der Waals surface area contributed by atoms with Crippen LogP contribution in [0, 0.1) is 13.8 Å². The topological polar surface area (TPSA) is 79.7 Å². The Bertz CT molecular complexity index is 958. The zero-order chi connectivity index (χ0) is 19.0. The van der Waals surface area contributed by atoms with Crippen LogP contribution >= 0.6 is 0 Å². The molecule has 1 amide bonds. The molecule has 0 radical (unpaired) electrons. The van der Waals surface area contributed by atoms with E-state index in [2.05, 4.69) is 20.1 Å². The number of aromatic amines is 1. The number of imidazole rings is 1. The Balaban J connectivity index is 1.59. The minimum Gasteiger partial charge on any atom is -0.348 e. The Kier molecular flexibility index (Phi) is 4.51. The lowest BCUT2D eigenvalue weighted by Crippen LogP contribution is -2.41. The summed E-state index contributed by atoms with van der Waals surface area (Å²) >= 11 is 0. The highest BCUT2D eigenvalue weighted by molar-refractivity contribution is 5.78. The van der Waals surface area contributed by atoms with Gasteiger partial charge in [0, 0.05) is 44.0 Å². The number of aromatic nitrogens is 5. The van der Waals surface area contributed by atoms with Gasteiger partial charge in [0.1, 0.15) is 6.04 Å². The van der Waals surface area contributed by atoms with E-state index >= 15 is 0 Å². The summed E-state index contributed by atoms with van der Waals surface area (Å²) in [5.41, 5.74) is 6.13. The Morgan fingerprint density at radius 2 is 2.15 bits per heavy atom. The molecule has 7 nitrogen and oxygen atoms in total. The van der Waals surface area contributed by atoms with E-state index in [9.17, 15) is 4.79 Å². The second kappa shape index (κ2) is 6.98. The molecule has 7 heteroatoms. The van der Waals surface area contributed by atoms with Gasteiger partial charge < -0.3 is 9.88 Å². The summed E-state index contributed by atoms with van der Waals surface area (Å²) in [6, 6.07) is 5.57. The van der Waals surface area contributed by atoms with Crippen LogP contribution in [0.4, 0.5) is 0 Å². The first-order chi connectivity index (χ1) is 13.1. The molecule has 0 saturated carbocycles. The van der Waals surface area contributed by atoms with Crippen molar-refractivity contribution in [2.24, 2.45) is 7.05 Å². The molecule has 4 heterocycles. The van der Waals surface area contributed by atoms with Gasteiger partial charge in [0.25, 0.3) is 0 Å². The molecule has 0 aliphatic carbocycles. The zero-order valence-electron chi connectivity index (χ0n) is 15.9. The Hall–Kier alpha value is -2.96. The summed E-state index contributed by atoms with van der Waals surface area (Å²) in [5, 5.41) is 4.45. The van der Waals surface area contributed by atoms with Crippen LogP contribution in [-0.2, 0) is 24.7 Å². The molecule has 1 atom stereocenters. The molecule has 3 aromatic rings. The van der Waals surface area contributed by atoms with Gasteiger partial charge in [-0.25, -0.2) is 4.98 Å². The quantitative estimate of drug-likeness (QED) is 0.770. The average Bonchev–Trinajstić information content (AvgIpc) is 3.24. The number of nitrogens with one attached hydrogen (secondary N) is 1. The number of pyridine rings is 1. The molecular formula is C20H24N6O. The number of hydrogen-bond donors (Lipinski definition) is 1. The molecule has 1 aliphatic heterocycles. The molecule has 0 aromatic carbocycles. The summed E-state index contributed by atoms with van der Waals surface area (Å²) in [6.07, 6.45) is 5.41. The lowest BCUT2D eigenvalue weighted by molar-refractivity contribution is -0.133. The number of carbonyl (C=O) groups excluding carboxylic acids is 1. The van der Waals surface area contributed by atoms with Crippen molar-refractivity contribution in [2.45, 2.75) is 39.2 Å². The third-order valence-corrected chi connectivity index (χ3v) is 5.46. The molecule has 1 N–H and O–H groups in total. The lowest BCUT2D eigenvalue weighted by Gasteiger charge is -2.34.